The normalized spacial score (nSPS) is 11.0. The van der Waals surface area contributed by atoms with Crippen LogP contribution in [0, 0.1) is 0 Å². The summed E-state index contributed by atoms with van der Waals surface area (Å²) < 4.78 is 7.06. The maximum Gasteiger partial charge on any atom is 0.161 e. The first-order chi connectivity index (χ1) is 12.6. The Morgan fingerprint density at radius 1 is 1.23 bits per heavy atom. The number of ketones is 1. The van der Waals surface area contributed by atoms with Gasteiger partial charge in [-0.05, 0) is 41.5 Å². The quantitative estimate of drug-likeness (QED) is 0.581. The van der Waals surface area contributed by atoms with Crippen LogP contribution >= 0.6 is 11.6 Å². The molecule has 0 saturated carbocycles. The van der Waals surface area contributed by atoms with Crippen LogP contribution in [-0.4, -0.2) is 22.4 Å². The summed E-state index contributed by atoms with van der Waals surface area (Å²) in [5.74, 6) is 0.799. The molecular weight excluding hydrogens is 348 g/mol. The monoisotopic (exact) mass is 366 g/mol. The highest BCUT2D eigenvalue weighted by molar-refractivity contribution is 6.30. The molecule has 1 heterocycles. The topological polar surface area (TPSA) is 44.1 Å². The molecule has 0 aliphatic rings. The number of methoxy groups -OCH3 is 1. The zero-order valence-corrected chi connectivity index (χ0v) is 15.2. The highest BCUT2D eigenvalue weighted by Gasteiger charge is 2.05. The number of ether oxygens (including phenoxy) is 1. The van der Waals surface area contributed by atoms with Gasteiger partial charge in [-0.25, -0.2) is 4.98 Å². The van der Waals surface area contributed by atoms with Crippen LogP contribution < -0.4 is 4.74 Å². The minimum atomic E-state index is 0.00817. The molecule has 1 aromatic heterocycles. The third-order valence-corrected chi connectivity index (χ3v) is 4.11. The fourth-order valence-electron chi connectivity index (χ4n) is 2.57. The van der Waals surface area contributed by atoms with Crippen molar-refractivity contribution in [1.82, 2.24) is 9.55 Å². The molecule has 0 amide bonds. The standard InChI is InChI=1S/C21H19ClN2O2/c1-26-21-9-6-16(7-10-21)5-8-20(25)12-19-14-24(15-23-19)13-17-3-2-4-18(22)11-17/h2-11,14-15H,12-13H2,1H3/b8-5+. The van der Waals surface area contributed by atoms with Crippen molar-refractivity contribution in [1.29, 1.82) is 0 Å². The first kappa shape index (κ1) is 18.0. The van der Waals surface area contributed by atoms with Gasteiger partial charge in [0.05, 0.1) is 25.6 Å². The summed E-state index contributed by atoms with van der Waals surface area (Å²) in [5, 5.41) is 0.710. The molecule has 0 saturated heterocycles. The third kappa shape index (κ3) is 5.07. The van der Waals surface area contributed by atoms with E-state index in [0.717, 1.165) is 22.6 Å². The number of carbonyl (C=O) groups excluding carboxylic acids is 1. The molecule has 0 fully saturated rings. The van der Waals surface area contributed by atoms with Crippen molar-refractivity contribution in [2.45, 2.75) is 13.0 Å². The van der Waals surface area contributed by atoms with E-state index in [2.05, 4.69) is 4.98 Å². The van der Waals surface area contributed by atoms with Gasteiger partial charge in [0.25, 0.3) is 0 Å². The fraction of sp³-hybridized carbons (Fsp3) is 0.143. The van der Waals surface area contributed by atoms with E-state index in [-0.39, 0.29) is 12.2 Å². The van der Waals surface area contributed by atoms with Gasteiger partial charge in [-0.3, -0.25) is 4.79 Å². The minimum Gasteiger partial charge on any atom is -0.497 e. The predicted octanol–water partition coefficient (Wildman–Crippen LogP) is 4.42. The van der Waals surface area contributed by atoms with E-state index in [4.69, 9.17) is 16.3 Å². The lowest BCUT2D eigenvalue weighted by Crippen LogP contribution is -1.99. The molecular formula is C21H19ClN2O2. The number of halogens is 1. The Bertz CT molecular complexity index is 914. The van der Waals surface area contributed by atoms with Gasteiger partial charge >= 0.3 is 0 Å². The number of hydrogen-bond acceptors (Lipinski definition) is 3. The van der Waals surface area contributed by atoms with Crippen molar-refractivity contribution >= 4 is 23.5 Å². The molecule has 0 N–H and O–H groups in total. The van der Waals surface area contributed by atoms with Crippen molar-refractivity contribution in [3.05, 3.63) is 89.0 Å². The number of imidazole rings is 1. The first-order valence-corrected chi connectivity index (χ1v) is 8.60. The Hall–Kier alpha value is -2.85. The summed E-state index contributed by atoms with van der Waals surface area (Å²) in [6.07, 6.45) is 7.27. The molecule has 3 aromatic rings. The van der Waals surface area contributed by atoms with Crippen LogP contribution in [0.1, 0.15) is 16.8 Å². The minimum absolute atomic E-state index is 0.00817. The summed E-state index contributed by atoms with van der Waals surface area (Å²) in [4.78, 5) is 16.5. The lowest BCUT2D eigenvalue weighted by Gasteiger charge is -2.02. The van der Waals surface area contributed by atoms with Crippen molar-refractivity contribution in [2.75, 3.05) is 7.11 Å². The SMILES string of the molecule is COc1ccc(/C=C/C(=O)Cc2cn(Cc3cccc(Cl)c3)cn2)cc1. The second-order valence-corrected chi connectivity index (χ2v) is 6.35. The number of aromatic nitrogens is 2. The molecule has 0 aliphatic heterocycles. The smallest absolute Gasteiger partial charge is 0.161 e. The van der Waals surface area contributed by atoms with Crippen LogP contribution in [0.25, 0.3) is 6.08 Å². The average molecular weight is 367 g/mol. The summed E-state index contributed by atoms with van der Waals surface area (Å²) in [5.41, 5.74) is 2.79. The summed E-state index contributed by atoms with van der Waals surface area (Å²) in [7, 11) is 1.62. The van der Waals surface area contributed by atoms with E-state index in [0.29, 0.717) is 11.6 Å². The van der Waals surface area contributed by atoms with Gasteiger partial charge in [0, 0.05) is 17.8 Å². The van der Waals surface area contributed by atoms with Gasteiger partial charge in [-0.15, -0.1) is 0 Å². The molecule has 0 atom stereocenters. The zero-order chi connectivity index (χ0) is 18.4. The first-order valence-electron chi connectivity index (χ1n) is 8.22. The van der Waals surface area contributed by atoms with Gasteiger partial charge in [0.15, 0.2) is 5.78 Å². The van der Waals surface area contributed by atoms with Crippen molar-refractivity contribution in [3.63, 3.8) is 0 Å². The van der Waals surface area contributed by atoms with Gasteiger partial charge < -0.3 is 9.30 Å². The molecule has 0 aliphatic carbocycles. The third-order valence-electron chi connectivity index (χ3n) is 3.87. The van der Waals surface area contributed by atoms with Crippen LogP contribution in [0.3, 0.4) is 0 Å². The highest BCUT2D eigenvalue weighted by Crippen LogP contribution is 2.13. The second kappa shape index (κ2) is 8.50. The molecule has 2 aromatic carbocycles. The Morgan fingerprint density at radius 3 is 2.77 bits per heavy atom. The molecule has 0 spiro atoms. The van der Waals surface area contributed by atoms with Crippen molar-refractivity contribution < 1.29 is 9.53 Å². The Balaban J connectivity index is 1.57. The van der Waals surface area contributed by atoms with E-state index in [1.807, 2.05) is 59.3 Å². The lowest BCUT2D eigenvalue weighted by atomic mass is 10.1. The molecule has 0 radical (unpaired) electrons. The van der Waals surface area contributed by atoms with E-state index in [9.17, 15) is 4.79 Å². The number of rotatable bonds is 7. The Kier molecular flexibility index (Phi) is 5.87. The highest BCUT2D eigenvalue weighted by atomic mass is 35.5. The predicted molar refractivity (Wildman–Crippen MR) is 104 cm³/mol. The largest absolute Gasteiger partial charge is 0.497 e. The van der Waals surface area contributed by atoms with E-state index >= 15 is 0 Å². The number of hydrogen-bond donors (Lipinski definition) is 0. The summed E-state index contributed by atoms with van der Waals surface area (Å²) >= 11 is 6.00. The summed E-state index contributed by atoms with van der Waals surface area (Å²) in [6.45, 7) is 0.670. The van der Waals surface area contributed by atoms with Gasteiger partial charge in [0.1, 0.15) is 5.75 Å². The lowest BCUT2D eigenvalue weighted by molar-refractivity contribution is -0.114. The van der Waals surface area contributed by atoms with Crippen LogP contribution in [0.15, 0.2) is 67.1 Å². The second-order valence-electron chi connectivity index (χ2n) is 5.92. The summed E-state index contributed by atoms with van der Waals surface area (Å²) in [6, 6.07) is 15.2. The van der Waals surface area contributed by atoms with E-state index < -0.39 is 0 Å². The maximum absolute atomic E-state index is 12.1. The van der Waals surface area contributed by atoms with Crippen LogP contribution in [0.5, 0.6) is 5.75 Å². The molecule has 26 heavy (non-hydrogen) atoms. The zero-order valence-electron chi connectivity index (χ0n) is 14.4. The van der Waals surface area contributed by atoms with Crippen molar-refractivity contribution in [3.8, 4) is 5.75 Å². The fourth-order valence-corrected chi connectivity index (χ4v) is 2.78. The number of benzene rings is 2. The maximum atomic E-state index is 12.1. The number of nitrogens with zero attached hydrogens (tertiary/aromatic N) is 2. The number of allylic oxidation sites excluding steroid dienone is 1. The van der Waals surface area contributed by atoms with E-state index in [1.54, 1.807) is 25.6 Å². The molecule has 0 bridgehead atoms. The molecule has 5 heteroatoms. The van der Waals surface area contributed by atoms with Crippen LogP contribution in [-0.2, 0) is 17.8 Å². The van der Waals surface area contributed by atoms with Gasteiger partial charge in [-0.1, -0.05) is 41.9 Å². The Morgan fingerprint density at radius 2 is 2.04 bits per heavy atom. The van der Waals surface area contributed by atoms with Crippen LogP contribution in [0.4, 0.5) is 0 Å². The van der Waals surface area contributed by atoms with Crippen molar-refractivity contribution in [2.24, 2.45) is 0 Å². The van der Waals surface area contributed by atoms with Gasteiger partial charge in [0.2, 0.25) is 0 Å². The molecule has 4 nitrogen and oxygen atoms in total. The van der Waals surface area contributed by atoms with Gasteiger partial charge in [-0.2, -0.15) is 0 Å². The van der Waals surface area contributed by atoms with Crippen LogP contribution in [0.2, 0.25) is 5.02 Å². The Labute approximate surface area is 157 Å². The molecule has 3 rings (SSSR count). The molecule has 132 valence electrons. The number of carbonyl (C=O) groups is 1. The molecule has 0 unspecified atom stereocenters. The average Bonchev–Trinajstić information content (AvgIpc) is 3.07. The van der Waals surface area contributed by atoms with E-state index in [1.165, 1.54) is 0 Å².